The first-order valence-corrected chi connectivity index (χ1v) is 8.79. The van der Waals surface area contributed by atoms with Crippen LogP contribution in [0, 0.1) is 11.3 Å². The number of fused-ring (bicyclic) bond motifs is 1. The smallest absolute Gasteiger partial charge is 0.269 e. The lowest BCUT2D eigenvalue weighted by Gasteiger charge is -2.51. The number of rotatable bonds is 2. The molecule has 28 heavy (non-hydrogen) atoms. The average molecular weight is 379 g/mol. The van der Waals surface area contributed by atoms with Gasteiger partial charge in [0, 0.05) is 24.5 Å². The Morgan fingerprint density at radius 3 is 2.50 bits per heavy atom. The van der Waals surface area contributed by atoms with Crippen molar-refractivity contribution in [1.82, 2.24) is 10.4 Å². The summed E-state index contributed by atoms with van der Waals surface area (Å²) in [5, 5.41) is 21.6. The van der Waals surface area contributed by atoms with E-state index >= 15 is 0 Å². The van der Waals surface area contributed by atoms with Gasteiger partial charge in [-0.1, -0.05) is 18.2 Å². The van der Waals surface area contributed by atoms with Crippen molar-refractivity contribution in [3.63, 3.8) is 0 Å². The van der Waals surface area contributed by atoms with Crippen molar-refractivity contribution in [2.24, 2.45) is 0 Å². The van der Waals surface area contributed by atoms with Crippen LogP contribution in [0.2, 0.25) is 0 Å². The molecule has 0 aromatic heterocycles. The van der Waals surface area contributed by atoms with Crippen LogP contribution < -0.4 is 10.2 Å². The topological polar surface area (TPSA) is 103 Å². The van der Waals surface area contributed by atoms with Crippen molar-refractivity contribution >= 4 is 11.8 Å². The number of hydrazine groups is 1. The van der Waals surface area contributed by atoms with Crippen molar-refractivity contribution in [3.05, 3.63) is 65.2 Å². The Morgan fingerprint density at radius 2 is 1.89 bits per heavy atom. The molecule has 0 saturated carbocycles. The van der Waals surface area contributed by atoms with Gasteiger partial charge < -0.3 is 9.84 Å². The van der Waals surface area contributed by atoms with Gasteiger partial charge >= 0.3 is 0 Å². The predicted octanol–water partition coefficient (Wildman–Crippen LogP) is 2.15. The lowest BCUT2D eigenvalue weighted by atomic mass is 9.83. The molecule has 0 bridgehead atoms. The predicted molar refractivity (Wildman–Crippen MR) is 101 cm³/mol. The summed E-state index contributed by atoms with van der Waals surface area (Å²) < 4.78 is 5.95. The Bertz CT molecular complexity index is 965. The number of aliphatic hydroxyl groups is 1. The van der Waals surface area contributed by atoms with Crippen LogP contribution in [0.4, 0.5) is 0 Å². The van der Waals surface area contributed by atoms with Crippen LogP contribution in [0.1, 0.15) is 42.3 Å². The Kier molecular flexibility index (Phi) is 4.84. The SMILES string of the molecule is CC(=O)N(NC(=O)c1ccccc1)C1(O)Cc2cc(C#N)ccc2OC1(C)C. The van der Waals surface area contributed by atoms with E-state index in [1.165, 1.54) is 6.92 Å². The summed E-state index contributed by atoms with van der Waals surface area (Å²) in [5.74, 6) is -0.563. The quantitative estimate of drug-likeness (QED) is 0.615. The third kappa shape index (κ3) is 3.30. The van der Waals surface area contributed by atoms with Crippen molar-refractivity contribution in [2.45, 2.75) is 38.5 Å². The van der Waals surface area contributed by atoms with E-state index in [0.29, 0.717) is 22.4 Å². The van der Waals surface area contributed by atoms with Crippen LogP contribution in [0.25, 0.3) is 0 Å². The van der Waals surface area contributed by atoms with Gasteiger partial charge in [-0.3, -0.25) is 15.0 Å². The minimum Gasteiger partial charge on any atom is -0.482 e. The second kappa shape index (κ2) is 6.98. The molecular formula is C21H21N3O4. The van der Waals surface area contributed by atoms with E-state index in [-0.39, 0.29) is 6.42 Å². The maximum absolute atomic E-state index is 12.6. The van der Waals surface area contributed by atoms with Crippen LogP contribution in [-0.2, 0) is 11.2 Å². The second-order valence-corrected chi connectivity index (χ2v) is 7.20. The molecule has 0 radical (unpaired) electrons. The normalized spacial score (nSPS) is 19.5. The molecule has 0 fully saturated rings. The Hall–Kier alpha value is -3.37. The highest BCUT2D eigenvalue weighted by Crippen LogP contribution is 2.41. The zero-order valence-electron chi connectivity index (χ0n) is 15.9. The molecule has 2 aromatic rings. The minimum absolute atomic E-state index is 0.0144. The molecule has 144 valence electrons. The number of benzene rings is 2. The molecule has 1 aliphatic heterocycles. The van der Waals surface area contributed by atoms with E-state index in [1.54, 1.807) is 62.4 Å². The molecule has 0 saturated heterocycles. The summed E-state index contributed by atoms with van der Waals surface area (Å²) in [4.78, 5) is 25.0. The molecule has 0 spiro atoms. The fourth-order valence-electron chi connectivity index (χ4n) is 3.26. The van der Waals surface area contributed by atoms with Crippen molar-refractivity contribution < 1.29 is 19.4 Å². The molecule has 1 aliphatic rings. The zero-order chi connectivity index (χ0) is 20.5. The molecule has 2 aromatic carbocycles. The molecule has 1 heterocycles. The third-order valence-corrected chi connectivity index (χ3v) is 4.89. The molecule has 1 atom stereocenters. The summed E-state index contributed by atoms with van der Waals surface area (Å²) in [6, 6.07) is 15.3. The first-order valence-electron chi connectivity index (χ1n) is 8.79. The third-order valence-electron chi connectivity index (χ3n) is 4.89. The molecule has 2 N–H and O–H groups in total. The molecule has 1 unspecified atom stereocenters. The van der Waals surface area contributed by atoms with Crippen molar-refractivity contribution in [2.75, 3.05) is 0 Å². The summed E-state index contributed by atoms with van der Waals surface area (Å²) in [5.41, 5.74) is 0.731. The fourth-order valence-corrected chi connectivity index (χ4v) is 3.26. The Morgan fingerprint density at radius 1 is 1.21 bits per heavy atom. The van der Waals surface area contributed by atoms with E-state index < -0.39 is 23.1 Å². The van der Waals surface area contributed by atoms with Gasteiger partial charge in [0.05, 0.1) is 11.6 Å². The maximum Gasteiger partial charge on any atom is 0.269 e. The molecule has 7 heteroatoms. The van der Waals surface area contributed by atoms with Crippen LogP contribution in [-0.4, -0.2) is 33.3 Å². The van der Waals surface area contributed by atoms with Gasteiger partial charge in [0.2, 0.25) is 11.6 Å². The lowest BCUT2D eigenvalue weighted by Crippen LogP contribution is -2.72. The summed E-state index contributed by atoms with van der Waals surface area (Å²) in [7, 11) is 0. The number of hydrogen-bond donors (Lipinski definition) is 2. The number of nitriles is 1. The van der Waals surface area contributed by atoms with Crippen LogP contribution in [0.3, 0.4) is 0 Å². The minimum atomic E-state index is -1.87. The zero-order valence-corrected chi connectivity index (χ0v) is 15.9. The number of nitrogens with one attached hydrogen (secondary N) is 1. The van der Waals surface area contributed by atoms with E-state index in [0.717, 1.165) is 5.01 Å². The fraction of sp³-hybridized carbons (Fsp3) is 0.286. The van der Waals surface area contributed by atoms with Gasteiger partial charge in [-0.05, 0) is 44.2 Å². The van der Waals surface area contributed by atoms with Crippen molar-refractivity contribution in [3.8, 4) is 11.8 Å². The lowest BCUT2D eigenvalue weighted by molar-refractivity contribution is -0.226. The largest absolute Gasteiger partial charge is 0.482 e. The van der Waals surface area contributed by atoms with E-state index in [4.69, 9.17) is 10.00 Å². The van der Waals surface area contributed by atoms with Gasteiger partial charge in [-0.25, -0.2) is 5.01 Å². The Labute approximate surface area is 163 Å². The molecular weight excluding hydrogens is 358 g/mol. The van der Waals surface area contributed by atoms with Gasteiger partial charge in [-0.15, -0.1) is 0 Å². The van der Waals surface area contributed by atoms with Crippen LogP contribution >= 0.6 is 0 Å². The number of carbonyl (C=O) groups excluding carboxylic acids is 2. The average Bonchev–Trinajstić information content (AvgIpc) is 2.66. The highest BCUT2D eigenvalue weighted by atomic mass is 16.5. The molecule has 7 nitrogen and oxygen atoms in total. The van der Waals surface area contributed by atoms with Crippen molar-refractivity contribution in [1.29, 1.82) is 5.26 Å². The van der Waals surface area contributed by atoms with Crippen LogP contribution in [0.5, 0.6) is 5.75 Å². The monoisotopic (exact) mass is 379 g/mol. The van der Waals surface area contributed by atoms with Gasteiger partial charge in [-0.2, -0.15) is 5.26 Å². The summed E-state index contributed by atoms with van der Waals surface area (Å²) >= 11 is 0. The molecule has 3 rings (SSSR count). The number of amides is 2. The maximum atomic E-state index is 12.6. The number of nitrogens with zero attached hydrogens (tertiary/aromatic N) is 2. The standard InChI is InChI=1S/C21H21N3O4/c1-14(25)24(23-19(26)16-7-5-4-6-8-16)21(27)12-17-11-15(13-22)9-10-18(17)28-20(21,2)3/h4-11,27H,12H2,1-3H3,(H,23,26). The summed E-state index contributed by atoms with van der Waals surface area (Å²) in [6.45, 7) is 4.53. The molecule has 0 aliphatic carbocycles. The Balaban J connectivity index is 1.99. The second-order valence-electron chi connectivity index (χ2n) is 7.20. The molecule has 2 amide bonds. The van der Waals surface area contributed by atoms with E-state index in [2.05, 4.69) is 5.43 Å². The number of ether oxygens (including phenoxy) is 1. The van der Waals surface area contributed by atoms with E-state index in [9.17, 15) is 14.7 Å². The van der Waals surface area contributed by atoms with Gasteiger partial charge in [0.15, 0.2) is 5.60 Å². The first kappa shape index (κ1) is 19.4. The van der Waals surface area contributed by atoms with Gasteiger partial charge in [0.25, 0.3) is 5.91 Å². The van der Waals surface area contributed by atoms with Crippen LogP contribution in [0.15, 0.2) is 48.5 Å². The first-order chi connectivity index (χ1) is 13.2. The number of hydrogen-bond acceptors (Lipinski definition) is 5. The highest BCUT2D eigenvalue weighted by Gasteiger charge is 2.55. The van der Waals surface area contributed by atoms with E-state index in [1.807, 2.05) is 6.07 Å². The highest BCUT2D eigenvalue weighted by molar-refractivity contribution is 5.95. The number of carbonyl (C=O) groups is 2. The summed E-state index contributed by atoms with van der Waals surface area (Å²) in [6.07, 6.45) is -0.0144. The van der Waals surface area contributed by atoms with Gasteiger partial charge in [0.1, 0.15) is 5.75 Å².